The number of nitrogens with zero attached hydrogens (tertiary/aromatic N) is 3. The van der Waals surface area contributed by atoms with E-state index in [1.807, 2.05) is 30.3 Å². The highest BCUT2D eigenvalue weighted by Crippen LogP contribution is 2.07. The first-order valence-corrected chi connectivity index (χ1v) is 7.92. The van der Waals surface area contributed by atoms with Crippen LogP contribution in [-0.4, -0.2) is 39.1 Å². The van der Waals surface area contributed by atoms with Gasteiger partial charge in [0.2, 0.25) is 5.91 Å². The summed E-state index contributed by atoms with van der Waals surface area (Å²) in [4.78, 5) is 38.5. The van der Waals surface area contributed by atoms with Crippen molar-refractivity contribution in [3.63, 3.8) is 0 Å². The fourth-order valence-corrected chi connectivity index (χ4v) is 2.85. The van der Waals surface area contributed by atoms with Crippen LogP contribution in [0.5, 0.6) is 0 Å². The third-order valence-electron chi connectivity index (χ3n) is 4.21. The maximum atomic E-state index is 12.5. The van der Waals surface area contributed by atoms with Crippen LogP contribution in [0.3, 0.4) is 0 Å². The summed E-state index contributed by atoms with van der Waals surface area (Å²) >= 11 is 0. The molecule has 0 aliphatic carbocycles. The van der Waals surface area contributed by atoms with Gasteiger partial charge >= 0.3 is 5.69 Å². The molecule has 24 heavy (non-hydrogen) atoms. The van der Waals surface area contributed by atoms with Crippen molar-refractivity contribution < 1.29 is 4.79 Å². The molecule has 1 aromatic heterocycles. The molecule has 1 aliphatic rings. The Morgan fingerprint density at radius 1 is 1.17 bits per heavy atom. The molecule has 2 aromatic rings. The van der Waals surface area contributed by atoms with Crippen LogP contribution in [0.1, 0.15) is 12.0 Å². The molecule has 7 heteroatoms. The predicted octanol–water partition coefficient (Wildman–Crippen LogP) is -0.382. The van der Waals surface area contributed by atoms with Gasteiger partial charge < -0.3 is 10.6 Å². The van der Waals surface area contributed by atoms with Crippen LogP contribution < -0.4 is 17.0 Å². The van der Waals surface area contributed by atoms with Gasteiger partial charge in [0.25, 0.3) is 5.56 Å². The molecule has 0 spiro atoms. The summed E-state index contributed by atoms with van der Waals surface area (Å²) in [6, 6.07) is 10.8. The van der Waals surface area contributed by atoms with E-state index in [0.717, 1.165) is 16.6 Å². The van der Waals surface area contributed by atoms with E-state index in [0.29, 0.717) is 19.6 Å². The molecule has 126 valence electrons. The van der Waals surface area contributed by atoms with E-state index in [1.54, 1.807) is 4.90 Å². The van der Waals surface area contributed by atoms with Crippen molar-refractivity contribution in [2.75, 3.05) is 13.1 Å². The number of carbonyl (C=O) groups is 1. The van der Waals surface area contributed by atoms with Crippen molar-refractivity contribution in [1.29, 1.82) is 0 Å². The first-order chi connectivity index (χ1) is 11.5. The van der Waals surface area contributed by atoms with E-state index in [4.69, 9.17) is 5.73 Å². The molecule has 1 aliphatic heterocycles. The van der Waals surface area contributed by atoms with Crippen molar-refractivity contribution in [1.82, 2.24) is 14.0 Å². The van der Waals surface area contributed by atoms with Crippen LogP contribution in [-0.2, 0) is 17.9 Å². The van der Waals surface area contributed by atoms with Crippen molar-refractivity contribution in [2.24, 2.45) is 5.73 Å². The summed E-state index contributed by atoms with van der Waals surface area (Å²) in [7, 11) is 0. The van der Waals surface area contributed by atoms with Gasteiger partial charge in [0.05, 0.1) is 6.54 Å². The molecule has 3 rings (SSSR count). The molecule has 7 nitrogen and oxygen atoms in total. The number of likely N-dealkylation sites (tertiary alicyclic amines) is 1. The number of rotatable bonds is 4. The minimum Gasteiger partial charge on any atom is -0.340 e. The maximum absolute atomic E-state index is 12.5. The molecule has 0 unspecified atom stereocenters. The Kier molecular flexibility index (Phi) is 4.61. The van der Waals surface area contributed by atoms with E-state index in [1.165, 1.54) is 16.8 Å². The number of nitrogens with two attached hydrogens (primary N) is 1. The third-order valence-corrected chi connectivity index (χ3v) is 4.21. The maximum Gasteiger partial charge on any atom is 0.331 e. The molecule has 0 saturated carbocycles. The largest absolute Gasteiger partial charge is 0.340 e. The zero-order valence-electron chi connectivity index (χ0n) is 13.3. The number of hydrogen-bond donors (Lipinski definition) is 1. The Balaban J connectivity index is 1.83. The van der Waals surface area contributed by atoms with Crippen LogP contribution in [0.2, 0.25) is 0 Å². The lowest BCUT2D eigenvalue weighted by atomic mass is 10.2. The van der Waals surface area contributed by atoms with Crippen LogP contribution in [0.15, 0.2) is 52.2 Å². The highest BCUT2D eigenvalue weighted by molar-refractivity contribution is 5.76. The van der Waals surface area contributed by atoms with Gasteiger partial charge in [-0.25, -0.2) is 4.79 Å². The second-order valence-corrected chi connectivity index (χ2v) is 6.02. The van der Waals surface area contributed by atoms with Gasteiger partial charge in [-0.15, -0.1) is 0 Å². The fourth-order valence-electron chi connectivity index (χ4n) is 2.85. The Hall–Kier alpha value is -2.67. The zero-order chi connectivity index (χ0) is 17.1. The summed E-state index contributed by atoms with van der Waals surface area (Å²) in [6.07, 6.45) is 2.21. The third kappa shape index (κ3) is 3.46. The van der Waals surface area contributed by atoms with E-state index in [-0.39, 0.29) is 18.5 Å². The Morgan fingerprint density at radius 2 is 1.92 bits per heavy atom. The van der Waals surface area contributed by atoms with Gasteiger partial charge in [-0.3, -0.25) is 18.7 Å². The van der Waals surface area contributed by atoms with Gasteiger partial charge in [0, 0.05) is 31.4 Å². The quantitative estimate of drug-likeness (QED) is 0.828. The Morgan fingerprint density at radius 3 is 2.58 bits per heavy atom. The number of carbonyl (C=O) groups excluding carboxylic acids is 1. The van der Waals surface area contributed by atoms with Crippen LogP contribution >= 0.6 is 0 Å². The molecule has 2 heterocycles. The normalized spacial score (nSPS) is 17.2. The minimum atomic E-state index is -0.483. The second-order valence-electron chi connectivity index (χ2n) is 6.02. The fraction of sp³-hybridized carbons (Fsp3) is 0.353. The number of hydrogen-bond acceptors (Lipinski definition) is 4. The highest BCUT2D eigenvalue weighted by Gasteiger charge is 2.24. The molecule has 1 amide bonds. The molecule has 0 radical (unpaired) electrons. The van der Waals surface area contributed by atoms with Crippen LogP contribution in [0.4, 0.5) is 0 Å². The highest BCUT2D eigenvalue weighted by atomic mass is 16.2. The van der Waals surface area contributed by atoms with Crippen molar-refractivity contribution >= 4 is 5.91 Å². The number of benzene rings is 1. The molecular formula is C17H20N4O3. The average molecular weight is 328 g/mol. The van der Waals surface area contributed by atoms with Crippen molar-refractivity contribution in [2.45, 2.75) is 25.6 Å². The van der Waals surface area contributed by atoms with Gasteiger partial charge in [-0.2, -0.15) is 0 Å². The lowest BCUT2D eigenvalue weighted by molar-refractivity contribution is -0.130. The lowest BCUT2D eigenvalue weighted by Gasteiger charge is -2.16. The van der Waals surface area contributed by atoms with Crippen molar-refractivity contribution in [3.05, 3.63) is 69.0 Å². The molecule has 1 fully saturated rings. The molecule has 2 N–H and O–H groups in total. The van der Waals surface area contributed by atoms with E-state index < -0.39 is 11.2 Å². The van der Waals surface area contributed by atoms with E-state index >= 15 is 0 Å². The SMILES string of the molecule is N[C@@H]1CCN(C(=O)Cn2c(=O)ccn(Cc3ccccc3)c2=O)C1. The first-order valence-electron chi connectivity index (χ1n) is 7.92. The van der Waals surface area contributed by atoms with Gasteiger partial charge in [-0.05, 0) is 12.0 Å². The summed E-state index contributed by atoms with van der Waals surface area (Å²) in [5.41, 5.74) is 5.79. The molecule has 1 aromatic carbocycles. The van der Waals surface area contributed by atoms with Gasteiger partial charge in [0.1, 0.15) is 6.54 Å². The Labute approximate surface area is 138 Å². The van der Waals surface area contributed by atoms with Crippen LogP contribution in [0, 0.1) is 0 Å². The molecule has 0 bridgehead atoms. The van der Waals surface area contributed by atoms with Crippen LogP contribution in [0.25, 0.3) is 0 Å². The number of amides is 1. The first kappa shape index (κ1) is 16.2. The smallest absolute Gasteiger partial charge is 0.331 e. The number of aromatic nitrogens is 2. The second kappa shape index (κ2) is 6.84. The topological polar surface area (TPSA) is 90.3 Å². The standard InChI is InChI=1S/C17H20N4O3/c18-14-6-8-19(11-14)16(23)12-21-15(22)7-9-20(17(21)24)10-13-4-2-1-3-5-13/h1-5,7,9,14H,6,8,10-12,18H2/t14-/m1/s1. The minimum absolute atomic E-state index is 0.0313. The van der Waals surface area contributed by atoms with E-state index in [2.05, 4.69) is 0 Å². The summed E-state index contributed by atoms with van der Waals surface area (Å²) in [6.45, 7) is 1.14. The lowest BCUT2D eigenvalue weighted by Crippen LogP contribution is -2.44. The predicted molar refractivity (Wildman–Crippen MR) is 89.7 cm³/mol. The van der Waals surface area contributed by atoms with Gasteiger partial charge in [-0.1, -0.05) is 30.3 Å². The molecule has 1 atom stereocenters. The van der Waals surface area contributed by atoms with E-state index in [9.17, 15) is 14.4 Å². The zero-order valence-corrected chi connectivity index (χ0v) is 13.3. The summed E-state index contributed by atoms with van der Waals surface area (Å²) < 4.78 is 2.41. The van der Waals surface area contributed by atoms with Gasteiger partial charge in [0.15, 0.2) is 0 Å². The van der Waals surface area contributed by atoms with Crippen molar-refractivity contribution in [3.8, 4) is 0 Å². The monoisotopic (exact) mass is 328 g/mol. The summed E-state index contributed by atoms with van der Waals surface area (Å²) in [5, 5.41) is 0. The molecule has 1 saturated heterocycles. The molecular weight excluding hydrogens is 308 g/mol. The average Bonchev–Trinajstić information content (AvgIpc) is 3.01. The Bertz CT molecular complexity index is 841. The summed E-state index contributed by atoms with van der Waals surface area (Å²) in [5.74, 6) is -0.250.